The number of nitrogens with zero attached hydrogens (tertiary/aromatic N) is 3. The van der Waals surface area contributed by atoms with Gasteiger partial charge in [0.25, 0.3) is 5.91 Å². The molecule has 1 aliphatic heterocycles. The third-order valence-corrected chi connectivity index (χ3v) is 7.88. The number of pyridine rings is 1. The second-order valence-electron chi connectivity index (χ2n) is 7.13. The summed E-state index contributed by atoms with van der Waals surface area (Å²) in [7, 11) is -4.12. The van der Waals surface area contributed by atoms with Crippen LogP contribution < -0.4 is 4.90 Å². The van der Waals surface area contributed by atoms with Gasteiger partial charge in [-0.3, -0.25) is 14.6 Å². The van der Waals surface area contributed by atoms with E-state index in [9.17, 15) is 18.0 Å². The lowest BCUT2D eigenvalue weighted by Gasteiger charge is -2.27. The highest BCUT2D eigenvalue weighted by molar-refractivity contribution is 14.1. The first-order chi connectivity index (χ1) is 15.3. The summed E-state index contributed by atoms with van der Waals surface area (Å²) in [6.07, 6.45) is 2.85. The number of sulfonamides is 1. The van der Waals surface area contributed by atoms with Gasteiger partial charge in [-0.05, 0) is 82.8 Å². The van der Waals surface area contributed by atoms with Gasteiger partial charge in [0.05, 0.1) is 17.0 Å². The maximum absolute atomic E-state index is 13.6. The molecular formula is C22H17ClIN3O4S. The number of imide groups is 1. The van der Waals surface area contributed by atoms with Crippen molar-refractivity contribution >= 4 is 61.7 Å². The lowest BCUT2D eigenvalue weighted by molar-refractivity contribution is -0.122. The van der Waals surface area contributed by atoms with E-state index in [1.807, 2.05) is 0 Å². The van der Waals surface area contributed by atoms with Crippen LogP contribution in [0.1, 0.15) is 12.0 Å². The van der Waals surface area contributed by atoms with Crippen molar-refractivity contribution in [1.82, 2.24) is 9.29 Å². The average Bonchev–Trinajstić information content (AvgIpc) is 3.07. The highest BCUT2D eigenvalue weighted by Gasteiger charge is 2.47. The summed E-state index contributed by atoms with van der Waals surface area (Å²) in [6, 6.07) is 14.8. The number of aromatic nitrogens is 1. The van der Waals surface area contributed by atoms with Crippen molar-refractivity contribution in [1.29, 1.82) is 0 Å². The molecule has 1 aromatic heterocycles. The summed E-state index contributed by atoms with van der Waals surface area (Å²) in [5, 5.41) is 0.389. The molecule has 2 heterocycles. The van der Waals surface area contributed by atoms with Crippen molar-refractivity contribution in [2.45, 2.75) is 23.9 Å². The van der Waals surface area contributed by atoms with Gasteiger partial charge in [0, 0.05) is 27.5 Å². The van der Waals surface area contributed by atoms with E-state index in [0.29, 0.717) is 16.3 Å². The van der Waals surface area contributed by atoms with Gasteiger partial charge in [-0.15, -0.1) is 0 Å². The number of rotatable bonds is 6. The summed E-state index contributed by atoms with van der Waals surface area (Å²) in [4.78, 5) is 31.2. The zero-order valence-corrected chi connectivity index (χ0v) is 20.3. The number of carbonyl (C=O) groups excluding carboxylic acids is 2. The number of amides is 2. The Hall–Kier alpha value is -2.34. The lowest BCUT2D eigenvalue weighted by Crippen LogP contribution is -2.45. The van der Waals surface area contributed by atoms with Crippen LogP contribution in [0, 0.1) is 3.57 Å². The van der Waals surface area contributed by atoms with Gasteiger partial charge in [0.15, 0.2) is 0 Å². The van der Waals surface area contributed by atoms with Crippen LogP contribution >= 0.6 is 34.2 Å². The van der Waals surface area contributed by atoms with Crippen LogP contribution in [0.15, 0.2) is 78.0 Å². The highest BCUT2D eigenvalue weighted by atomic mass is 127. The third-order valence-electron chi connectivity index (χ3n) is 5.04. The molecule has 0 saturated carbocycles. The number of carbonyl (C=O) groups is 2. The summed E-state index contributed by atoms with van der Waals surface area (Å²) in [5.41, 5.74) is 1.01. The van der Waals surface area contributed by atoms with Gasteiger partial charge < -0.3 is 0 Å². The maximum atomic E-state index is 13.6. The summed E-state index contributed by atoms with van der Waals surface area (Å²) in [6.45, 7) is -0.108. The molecule has 3 aromatic rings. The molecule has 0 radical (unpaired) electrons. The Kier molecular flexibility index (Phi) is 6.61. The molecule has 0 spiro atoms. The van der Waals surface area contributed by atoms with Gasteiger partial charge in [0.1, 0.15) is 6.04 Å². The van der Waals surface area contributed by atoms with E-state index in [-0.39, 0.29) is 17.9 Å². The molecule has 4 rings (SSSR count). The molecule has 1 saturated heterocycles. The number of halogens is 2. The Morgan fingerprint density at radius 1 is 1.06 bits per heavy atom. The fourth-order valence-electron chi connectivity index (χ4n) is 3.48. The molecule has 0 aliphatic carbocycles. The molecule has 0 N–H and O–H groups in total. The first kappa shape index (κ1) is 22.8. The van der Waals surface area contributed by atoms with E-state index >= 15 is 0 Å². The van der Waals surface area contributed by atoms with Crippen molar-refractivity contribution in [2.75, 3.05) is 4.90 Å². The molecule has 1 aliphatic rings. The van der Waals surface area contributed by atoms with E-state index < -0.39 is 27.9 Å². The summed E-state index contributed by atoms with van der Waals surface area (Å²) in [5.74, 6) is -1.04. The number of hydrogen-bond donors (Lipinski definition) is 0. The molecule has 0 bridgehead atoms. The van der Waals surface area contributed by atoms with Crippen molar-refractivity contribution < 1.29 is 18.0 Å². The summed E-state index contributed by atoms with van der Waals surface area (Å²) >= 11 is 8.04. The van der Waals surface area contributed by atoms with Gasteiger partial charge in [0.2, 0.25) is 15.9 Å². The maximum Gasteiger partial charge on any atom is 0.252 e. The Morgan fingerprint density at radius 2 is 1.75 bits per heavy atom. The van der Waals surface area contributed by atoms with Crippen LogP contribution in [0.2, 0.25) is 5.02 Å². The fraction of sp³-hybridized carbons (Fsp3) is 0.136. The first-order valence-corrected chi connectivity index (χ1v) is 12.5. The minimum atomic E-state index is -4.12. The van der Waals surface area contributed by atoms with E-state index in [1.54, 1.807) is 42.6 Å². The lowest BCUT2D eigenvalue weighted by atomic mass is 10.2. The zero-order valence-electron chi connectivity index (χ0n) is 16.6. The second-order valence-corrected chi connectivity index (χ2v) is 10.7. The van der Waals surface area contributed by atoms with Crippen molar-refractivity contribution in [3.05, 3.63) is 87.2 Å². The minimum absolute atomic E-state index is 0.0150. The van der Waals surface area contributed by atoms with Crippen LogP contribution in [0.5, 0.6) is 0 Å². The van der Waals surface area contributed by atoms with E-state index in [4.69, 9.17) is 11.6 Å². The molecule has 1 atom stereocenters. The second kappa shape index (κ2) is 9.26. The van der Waals surface area contributed by atoms with Crippen molar-refractivity contribution in [3.63, 3.8) is 0 Å². The SMILES string of the molecule is O=C1CC(N(Cc2cccnc2)S(=O)(=O)c2ccc(Cl)cc2)C(=O)N1c1ccc(I)cc1. The molecule has 7 nitrogen and oxygen atoms in total. The van der Waals surface area contributed by atoms with Crippen molar-refractivity contribution in [2.24, 2.45) is 0 Å². The number of anilines is 1. The Labute approximate surface area is 204 Å². The van der Waals surface area contributed by atoms with Crippen LogP contribution in [0.25, 0.3) is 0 Å². The predicted octanol–water partition coefficient (Wildman–Crippen LogP) is 3.86. The Morgan fingerprint density at radius 3 is 2.38 bits per heavy atom. The number of hydrogen-bond acceptors (Lipinski definition) is 5. The molecule has 10 heteroatoms. The molecule has 164 valence electrons. The zero-order chi connectivity index (χ0) is 22.9. The monoisotopic (exact) mass is 581 g/mol. The Balaban J connectivity index is 1.74. The van der Waals surface area contributed by atoms with Gasteiger partial charge >= 0.3 is 0 Å². The molecular weight excluding hydrogens is 565 g/mol. The molecule has 1 fully saturated rings. The quantitative estimate of drug-likeness (QED) is 0.326. The molecule has 2 amide bonds. The van der Waals surface area contributed by atoms with Gasteiger partial charge in [-0.1, -0.05) is 17.7 Å². The smallest absolute Gasteiger partial charge is 0.252 e. The largest absolute Gasteiger partial charge is 0.274 e. The van der Waals surface area contributed by atoms with Crippen LogP contribution in [0.3, 0.4) is 0 Å². The van der Waals surface area contributed by atoms with E-state index in [0.717, 1.165) is 12.8 Å². The van der Waals surface area contributed by atoms with E-state index in [2.05, 4.69) is 27.6 Å². The van der Waals surface area contributed by atoms with Crippen molar-refractivity contribution in [3.8, 4) is 0 Å². The molecule has 1 unspecified atom stereocenters. The standard InChI is InChI=1S/C22H17ClIN3O4S/c23-16-3-9-19(10-4-16)32(30,31)26(14-15-2-1-11-25-13-15)20-12-21(28)27(22(20)29)18-7-5-17(24)6-8-18/h1-11,13,20H,12,14H2. The first-order valence-electron chi connectivity index (χ1n) is 9.56. The minimum Gasteiger partial charge on any atom is -0.274 e. The third kappa shape index (κ3) is 4.56. The fourth-order valence-corrected chi connectivity index (χ4v) is 5.53. The molecule has 2 aromatic carbocycles. The summed E-state index contributed by atoms with van der Waals surface area (Å²) < 4.78 is 29.1. The Bertz CT molecular complexity index is 1250. The predicted molar refractivity (Wildman–Crippen MR) is 128 cm³/mol. The average molecular weight is 582 g/mol. The van der Waals surface area contributed by atoms with Gasteiger partial charge in [-0.2, -0.15) is 4.31 Å². The molecule has 32 heavy (non-hydrogen) atoms. The van der Waals surface area contributed by atoms with Gasteiger partial charge in [-0.25, -0.2) is 13.3 Å². The normalized spacial score (nSPS) is 16.7. The van der Waals surface area contributed by atoms with Crippen LogP contribution in [0.4, 0.5) is 5.69 Å². The number of benzene rings is 2. The van der Waals surface area contributed by atoms with Crippen LogP contribution in [-0.4, -0.2) is 35.6 Å². The highest BCUT2D eigenvalue weighted by Crippen LogP contribution is 2.31. The topological polar surface area (TPSA) is 87.6 Å². The van der Waals surface area contributed by atoms with E-state index in [1.165, 1.54) is 30.5 Å². The van der Waals surface area contributed by atoms with Crippen LogP contribution in [-0.2, 0) is 26.2 Å².